The maximum atomic E-state index is 13.7. The molecular formula is C16H20F2N2O3S. The Labute approximate surface area is 140 Å². The molecule has 1 atom stereocenters. The van der Waals surface area contributed by atoms with E-state index in [9.17, 15) is 17.2 Å². The van der Waals surface area contributed by atoms with Crippen molar-refractivity contribution >= 4 is 10.0 Å². The molecule has 0 bridgehead atoms. The summed E-state index contributed by atoms with van der Waals surface area (Å²) in [6, 6.07) is 5.44. The van der Waals surface area contributed by atoms with E-state index in [2.05, 4.69) is 4.72 Å². The summed E-state index contributed by atoms with van der Waals surface area (Å²) in [6.45, 7) is 5.23. The van der Waals surface area contributed by atoms with Gasteiger partial charge in [-0.1, -0.05) is 13.8 Å². The van der Waals surface area contributed by atoms with E-state index in [0.29, 0.717) is 24.9 Å². The normalized spacial score (nSPS) is 13.4. The third-order valence-corrected chi connectivity index (χ3v) is 5.21. The molecule has 2 aromatic rings. The van der Waals surface area contributed by atoms with Crippen LogP contribution in [-0.2, 0) is 10.0 Å². The van der Waals surface area contributed by atoms with E-state index in [-0.39, 0.29) is 12.6 Å². The number of hydrogen-bond acceptors (Lipinski definition) is 4. The Bertz CT molecular complexity index is 760. The Balaban J connectivity index is 2.23. The number of benzene rings is 1. The summed E-state index contributed by atoms with van der Waals surface area (Å²) in [6.07, 6.45) is 1.51. The van der Waals surface area contributed by atoms with Crippen LogP contribution in [0.25, 0.3) is 0 Å². The van der Waals surface area contributed by atoms with Crippen molar-refractivity contribution in [2.45, 2.75) is 24.8 Å². The summed E-state index contributed by atoms with van der Waals surface area (Å²) >= 11 is 0. The number of nitrogens with zero attached hydrogens (tertiary/aromatic N) is 1. The van der Waals surface area contributed by atoms with Crippen molar-refractivity contribution in [1.82, 2.24) is 9.62 Å². The van der Waals surface area contributed by atoms with Crippen LogP contribution in [0.15, 0.2) is 45.9 Å². The van der Waals surface area contributed by atoms with Gasteiger partial charge in [0.15, 0.2) is 0 Å². The number of nitrogens with one attached hydrogen (secondary N) is 1. The summed E-state index contributed by atoms with van der Waals surface area (Å²) in [5.41, 5.74) is 0. The molecule has 0 aliphatic rings. The lowest BCUT2D eigenvalue weighted by molar-refractivity contribution is 0.194. The van der Waals surface area contributed by atoms with Crippen LogP contribution in [0.5, 0.6) is 0 Å². The molecule has 0 amide bonds. The van der Waals surface area contributed by atoms with Crippen LogP contribution < -0.4 is 4.72 Å². The minimum atomic E-state index is -4.18. The van der Waals surface area contributed by atoms with Crippen LogP contribution >= 0.6 is 0 Å². The molecule has 5 nitrogen and oxygen atoms in total. The molecule has 1 N–H and O–H groups in total. The summed E-state index contributed by atoms with van der Waals surface area (Å²) < 4.78 is 59.3. The third-order valence-electron chi connectivity index (χ3n) is 3.77. The standard InChI is InChI=1S/C16H20F2N2O3S/c1-3-20(4-2)14(15-6-5-9-23-15)11-19-24(21,22)16-10-12(17)7-8-13(16)18/h5-10,14,19H,3-4,11H2,1-2H3. The van der Waals surface area contributed by atoms with Crippen molar-refractivity contribution in [2.75, 3.05) is 19.6 Å². The highest BCUT2D eigenvalue weighted by Crippen LogP contribution is 2.22. The van der Waals surface area contributed by atoms with E-state index in [0.717, 1.165) is 12.1 Å². The summed E-state index contributed by atoms with van der Waals surface area (Å²) in [7, 11) is -4.18. The number of likely N-dealkylation sites (N-methyl/N-ethyl adjacent to an activating group) is 1. The summed E-state index contributed by atoms with van der Waals surface area (Å²) in [5.74, 6) is -1.22. The molecule has 0 aliphatic heterocycles. The van der Waals surface area contributed by atoms with Gasteiger partial charge in [-0.2, -0.15) is 0 Å². The molecule has 8 heteroatoms. The van der Waals surface area contributed by atoms with Crippen LogP contribution in [0.2, 0.25) is 0 Å². The molecule has 0 radical (unpaired) electrons. The van der Waals surface area contributed by atoms with E-state index in [1.165, 1.54) is 6.26 Å². The van der Waals surface area contributed by atoms with Gasteiger partial charge in [-0.15, -0.1) is 0 Å². The molecule has 0 saturated carbocycles. The fraction of sp³-hybridized carbons (Fsp3) is 0.375. The van der Waals surface area contributed by atoms with Gasteiger partial charge >= 0.3 is 0 Å². The molecule has 0 saturated heterocycles. The second-order valence-corrected chi connectivity index (χ2v) is 6.91. The van der Waals surface area contributed by atoms with E-state index >= 15 is 0 Å². The molecule has 1 unspecified atom stereocenters. The molecule has 24 heavy (non-hydrogen) atoms. The molecule has 0 spiro atoms. The van der Waals surface area contributed by atoms with Crippen molar-refractivity contribution in [3.8, 4) is 0 Å². The Morgan fingerprint density at radius 2 is 1.92 bits per heavy atom. The van der Waals surface area contributed by atoms with Gasteiger partial charge in [-0.3, -0.25) is 4.90 Å². The first-order valence-corrected chi connectivity index (χ1v) is 9.09. The van der Waals surface area contributed by atoms with Gasteiger partial charge in [0.1, 0.15) is 22.3 Å². The molecule has 1 aromatic carbocycles. The molecular weight excluding hydrogens is 338 g/mol. The monoisotopic (exact) mass is 358 g/mol. The molecule has 0 fully saturated rings. The highest BCUT2D eigenvalue weighted by Gasteiger charge is 2.25. The number of rotatable bonds is 8. The molecule has 132 valence electrons. The minimum Gasteiger partial charge on any atom is -0.468 e. The largest absolute Gasteiger partial charge is 0.468 e. The van der Waals surface area contributed by atoms with E-state index < -0.39 is 26.6 Å². The van der Waals surface area contributed by atoms with Crippen molar-refractivity contribution in [3.05, 3.63) is 54.0 Å². The van der Waals surface area contributed by atoms with Crippen LogP contribution in [0.4, 0.5) is 8.78 Å². The number of sulfonamides is 1. The molecule has 1 heterocycles. The quantitative estimate of drug-likeness (QED) is 0.788. The first-order chi connectivity index (χ1) is 11.4. The Morgan fingerprint density at radius 1 is 1.21 bits per heavy atom. The van der Waals surface area contributed by atoms with E-state index in [4.69, 9.17) is 4.42 Å². The van der Waals surface area contributed by atoms with Crippen molar-refractivity contribution < 1.29 is 21.6 Å². The average molecular weight is 358 g/mol. The fourth-order valence-corrected chi connectivity index (χ4v) is 3.63. The van der Waals surface area contributed by atoms with E-state index in [1.54, 1.807) is 12.1 Å². The average Bonchev–Trinajstić information content (AvgIpc) is 3.07. The lowest BCUT2D eigenvalue weighted by Gasteiger charge is -2.28. The van der Waals surface area contributed by atoms with Gasteiger partial charge in [-0.05, 0) is 43.4 Å². The minimum absolute atomic E-state index is 0.0204. The van der Waals surface area contributed by atoms with E-state index in [1.807, 2.05) is 18.7 Å². The highest BCUT2D eigenvalue weighted by molar-refractivity contribution is 7.89. The topological polar surface area (TPSA) is 62.6 Å². The fourth-order valence-electron chi connectivity index (χ4n) is 2.50. The van der Waals surface area contributed by atoms with Crippen LogP contribution in [0.3, 0.4) is 0 Å². The molecule has 0 aliphatic carbocycles. The smallest absolute Gasteiger partial charge is 0.243 e. The van der Waals surface area contributed by atoms with Gasteiger partial charge in [-0.25, -0.2) is 21.9 Å². The zero-order valence-electron chi connectivity index (χ0n) is 13.5. The lowest BCUT2D eigenvalue weighted by Crippen LogP contribution is -2.38. The van der Waals surface area contributed by atoms with Gasteiger partial charge in [0.2, 0.25) is 10.0 Å². The number of hydrogen-bond donors (Lipinski definition) is 1. The predicted molar refractivity (Wildman–Crippen MR) is 85.9 cm³/mol. The maximum Gasteiger partial charge on any atom is 0.243 e. The lowest BCUT2D eigenvalue weighted by atomic mass is 10.2. The Hall–Kier alpha value is -1.77. The molecule has 1 aromatic heterocycles. The second-order valence-electron chi connectivity index (χ2n) is 5.18. The first kappa shape index (κ1) is 18.6. The van der Waals surface area contributed by atoms with Crippen LogP contribution in [-0.4, -0.2) is 33.0 Å². The van der Waals surface area contributed by atoms with Gasteiger partial charge in [0.05, 0.1) is 12.3 Å². The SMILES string of the molecule is CCN(CC)C(CNS(=O)(=O)c1cc(F)ccc1F)c1ccco1. The third kappa shape index (κ3) is 4.19. The van der Waals surface area contributed by atoms with Gasteiger partial charge in [0, 0.05) is 6.54 Å². The van der Waals surface area contributed by atoms with Gasteiger partial charge < -0.3 is 4.42 Å². The highest BCUT2D eigenvalue weighted by atomic mass is 32.2. The zero-order chi connectivity index (χ0) is 17.7. The zero-order valence-corrected chi connectivity index (χ0v) is 14.3. The maximum absolute atomic E-state index is 13.7. The van der Waals surface area contributed by atoms with Crippen LogP contribution in [0.1, 0.15) is 25.6 Å². The Kier molecular flexibility index (Phi) is 6.09. The number of halogens is 2. The van der Waals surface area contributed by atoms with Crippen molar-refractivity contribution in [1.29, 1.82) is 0 Å². The van der Waals surface area contributed by atoms with Crippen LogP contribution in [0, 0.1) is 11.6 Å². The van der Waals surface area contributed by atoms with Gasteiger partial charge in [0.25, 0.3) is 0 Å². The van der Waals surface area contributed by atoms with Crippen molar-refractivity contribution in [2.24, 2.45) is 0 Å². The van der Waals surface area contributed by atoms with Crippen molar-refractivity contribution in [3.63, 3.8) is 0 Å². The summed E-state index contributed by atoms with van der Waals surface area (Å²) in [5, 5.41) is 0. The molecule has 2 rings (SSSR count). The second kappa shape index (κ2) is 7.87. The predicted octanol–water partition coefficient (Wildman–Crippen LogP) is 2.92. The Morgan fingerprint density at radius 3 is 2.50 bits per heavy atom. The summed E-state index contributed by atoms with van der Waals surface area (Å²) in [4.78, 5) is 1.30. The number of furan rings is 1. The first-order valence-electron chi connectivity index (χ1n) is 7.61.